The van der Waals surface area contributed by atoms with E-state index in [0.29, 0.717) is 19.3 Å². The van der Waals surface area contributed by atoms with E-state index in [1.165, 1.54) is 218 Å². The fraction of sp³-hybridized carbons (Fsp3) is 0.795. The van der Waals surface area contributed by atoms with Gasteiger partial charge in [0.25, 0.3) is 0 Å². The zero-order valence-electron chi connectivity index (χ0n) is 52.6. The van der Waals surface area contributed by atoms with E-state index in [9.17, 15) is 14.4 Å². The predicted molar refractivity (Wildman–Crippen MR) is 344 cm³/mol. The van der Waals surface area contributed by atoms with Crippen LogP contribution in [0.2, 0.25) is 0 Å². The van der Waals surface area contributed by atoms with Gasteiger partial charge in [-0.1, -0.05) is 318 Å². The van der Waals surface area contributed by atoms with E-state index in [-0.39, 0.29) is 31.1 Å². The monoisotopic (exact) mass is 1100 g/mol. The van der Waals surface area contributed by atoms with Crippen molar-refractivity contribution in [3.05, 3.63) is 72.9 Å². The van der Waals surface area contributed by atoms with E-state index in [1.54, 1.807) is 0 Å². The molecule has 0 N–H and O–H groups in total. The summed E-state index contributed by atoms with van der Waals surface area (Å²) in [4.78, 5) is 38.4. The Bertz CT molecular complexity index is 1450. The number of rotatable bonds is 63. The molecule has 0 rings (SSSR count). The number of allylic oxidation sites excluding steroid dienone is 12. The highest BCUT2D eigenvalue weighted by atomic mass is 16.6. The summed E-state index contributed by atoms with van der Waals surface area (Å²) in [5, 5.41) is 0. The van der Waals surface area contributed by atoms with Crippen molar-refractivity contribution >= 4 is 17.9 Å². The molecule has 0 fully saturated rings. The maximum Gasteiger partial charge on any atom is 0.306 e. The van der Waals surface area contributed by atoms with Crippen LogP contribution in [0.25, 0.3) is 0 Å². The molecule has 0 aliphatic heterocycles. The van der Waals surface area contributed by atoms with E-state index in [4.69, 9.17) is 14.2 Å². The van der Waals surface area contributed by atoms with E-state index < -0.39 is 6.10 Å². The number of unbranched alkanes of at least 4 members (excludes halogenated alkanes) is 40. The Morgan fingerprint density at radius 2 is 0.494 bits per heavy atom. The first kappa shape index (κ1) is 75.8. The fourth-order valence-electron chi connectivity index (χ4n) is 10.1. The van der Waals surface area contributed by atoms with Crippen LogP contribution in [-0.4, -0.2) is 37.2 Å². The van der Waals surface area contributed by atoms with Crippen molar-refractivity contribution in [2.75, 3.05) is 13.2 Å². The Hall–Kier alpha value is -3.15. The van der Waals surface area contributed by atoms with Gasteiger partial charge in [0.05, 0.1) is 0 Å². The van der Waals surface area contributed by atoms with Crippen LogP contribution >= 0.6 is 0 Å². The summed E-state index contributed by atoms with van der Waals surface area (Å²) < 4.78 is 17.0. The van der Waals surface area contributed by atoms with Gasteiger partial charge < -0.3 is 14.2 Å². The third-order valence-corrected chi connectivity index (χ3v) is 15.2. The summed E-state index contributed by atoms with van der Waals surface area (Å²) in [6.07, 6.45) is 87.8. The Morgan fingerprint density at radius 1 is 0.266 bits per heavy atom. The van der Waals surface area contributed by atoms with E-state index in [2.05, 4.69) is 93.7 Å². The average Bonchev–Trinajstić information content (AvgIpc) is 3.45. The van der Waals surface area contributed by atoms with Crippen molar-refractivity contribution in [3.63, 3.8) is 0 Å². The van der Waals surface area contributed by atoms with Crippen molar-refractivity contribution < 1.29 is 28.6 Å². The smallest absolute Gasteiger partial charge is 0.306 e. The van der Waals surface area contributed by atoms with E-state index in [1.807, 2.05) is 0 Å². The number of esters is 3. The normalized spacial score (nSPS) is 12.5. The maximum absolute atomic E-state index is 12.9. The minimum absolute atomic E-state index is 0.0741. The number of hydrogen-bond donors (Lipinski definition) is 0. The average molecular weight is 1100 g/mol. The van der Waals surface area contributed by atoms with Gasteiger partial charge in [-0.25, -0.2) is 0 Å². The van der Waals surface area contributed by atoms with Gasteiger partial charge in [0.15, 0.2) is 6.10 Å². The molecule has 0 saturated heterocycles. The summed E-state index contributed by atoms with van der Waals surface area (Å²) in [6, 6.07) is 0. The van der Waals surface area contributed by atoms with Gasteiger partial charge >= 0.3 is 17.9 Å². The molecule has 0 bridgehead atoms. The van der Waals surface area contributed by atoms with Gasteiger partial charge in [0.1, 0.15) is 13.2 Å². The molecular formula is C73H130O6. The van der Waals surface area contributed by atoms with Crippen molar-refractivity contribution in [2.45, 2.75) is 361 Å². The van der Waals surface area contributed by atoms with E-state index >= 15 is 0 Å². The molecule has 0 spiro atoms. The molecule has 0 aromatic carbocycles. The second-order valence-electron chi connectivity index (χ2n) is 23.1. The van der Waals surface area contributed by atoms with Crippen LogP contribution in [0.4, 0.5) is 0 Å². The van der Waals surface area contributed by atoms with Gasteiger partial charge in [-0.3, -0.25) is 14.4 Å². The number of carbonyl (C=O) groups is 3. The zero-order valence-corrected chi connectivity index (χ0v) is 52.6. The first-order valence-corrected chi connectivity index (χ1v) is 34.4. The van der Waals surface area contributed by atoms with Gasteiger partial charge in [0, 0.05) is 19.3 Å². The third-order valence-electron chi connectivity index (χ3n) is 15.2. The first-order chi connectivity index (χ1) is 39.0. The lowest BCUT2D eigenvalue weighted by molar-refractivity contribution is -0.167. The number of hydrogen-bond acceptors (Lipinski definition) is 6. The van der Waals surface area contributed by atoms with Gasteiger partial charge in [-0.05, 0) is 89.9 Å². The molecule has 0 amide bonds. The minimum atomic E-state index is -0.777. The molecule has 79 heavy (non-hydrogen) atoms. The molecule has 458 valence electrons. The van der Waals surface area contributed by atoms with Crippen molar-refractivity contribution in [2.24, 2.45) is 0 Å². The van der Waals surface area contributed by atoms with Crippen molar-refractivity contribution in [1.82, 2.24) is 0 Å². The van der Waals surface area contributed by atoms with Crippen LogP contribution in [0.3, 0.4) is 0 Å². The zero-order chi connectivity index (χ0) is 57.1. The lowest BCUT2D eigenvalue weighted by Gasteiger charge is -2.18. The molecule has 0 aliphatic rings. The van der Waals surface area contributed by atoms with Gasteiger partial charge in [0.2, 0.25) is 0 Å². The van der Waals surface area contributed by atoms with E-state index in [0.717, 1.165) is 96.3 Å². The van der Waals surface area contributed by atoms with Crippen LogP contribution < -0.4 is 0 Å². The SMILES string of the molecule is CC/C=C\C/C=C\C/C=C\C/C=C\C/C=C\CCCCCCCCCCCCCCCC(=O)OCC(COC(=O)CCCCCCC/C=C\CCCCCC)OC(=O)CCCCCCCCCCCCCCCCCCCCC. The van der Waals surface area contributed by atoms with Crippen molar-refractivity contribution in [3.8, 4) is 0 Å². The van der Waals surface area contributed by atoms with Crippen LogP contribution in [0.15, 0.2) is 72.9 Å². The second-order valence-corrected chi connectivity index (χ2v) is 23.1. The molecule has 0 saturated carbocycles. The molecule has 0 aliphatic carbocycles. The van der Waals surface area contributed by atoms with Crippen LogP contribution in [0.1, 0.15) is 355 Å². The topological polar surface area (TPSA) is 78.9 Å². The quantitative estimate of drug-likeness (QED) is 0.0261. The maximum atomic E-state index is 12.9. The highest BCUT2D eigenvalue weighted by molar-refractivity contribution is 5.71. The van der Waals surface area contributed by atoms with Gasteiger partial charge in [-0.2, -0.15) is 0 Å². The summed E-state index contributed by atoms with van der Waals surface area (Å²) >= 11 is 0. The summed E-state index contributed by atoms with van der Waals surface area (Å²) in [6.45, 7) is 6.56. The highest BCUT2D eigenvalue weighted by Crippen LogP contribution is 2.18. The Labute approximate surface area is 491 Å². The van der Waals surface area contributed by atoms with Crippen LogP contribution in [-0.2, 0) is 28.6 Å². The molecule has 1 unspecified atom stereocenters. The number of ether oxygens (including phenoxy) is 3. The lowest BCUT2D eigenvalue weighted by Crippen LogP contribution is -2.30. The molecule has 0 aromatic rings. The molecule has 0 heterocycles. The summed E-state index contributed by atoms with van der Waals surface area (Å²) in [7, 11) is 0. The van der Waals surface area contributed by atoms with Gasteiger partial charge in [-0.15, -0.1) is 0 Å². The lowest BCUT2D eigenvalue weighted by atomic mass is 10.0. The molecule has 0 aromatic heterocycles. The molecule has 0 radical (unpaired) electrons. The first-order valence-electron chi connectivity index (χ1n) is 34.4. The minimum Gasteiger partial charge on any atom is -0.462 e. The molecule has 6 nitrogen and oxygen atoms in total. The van der Waals surface area contributed by atoms with Crippen LogP contribution in [0.5, 0.6) is 0 Å². The highest BCUT2D eigenvalue weighted by Gasteiger charge is 2.19. The van der Waals surface area contributed by atoms with Crippen molar-refractivity contribution in [1.29, 1.82) is 0 Å². The van der Waals surface area contributed by atoms with Crippen LogP contribution in [0, 0.1) is 0 Å². The summed E-state index contributed by atoms with van der Waals surface area (Å²) in [5.41, 5.74) is 0. The second kappa shape index (κ2) is 67.4. The largest absolute Gasteiger partial charge is 0.462 e. The predicted octanol–water partition coefficient (Wildman–Crippen LogP) is 23.7. The molecule has 1 atom stereocenters. The number of carbonyl (C=O) groups excluding carboxylic acids is 3. The Balaban J connectivity index is 4.23. The molecule has 6 heteroatoms. The molecular weight excluding hydrogens is 973 g/mol. The fourth-order valence-corrected chi connectivity index (χ4v) is 10.1. The standard InChI is InChI=1S/C73H130O6/c1-4-7-10-13-16-19-22-25-27-29-31-32-33-34-35-36-37-38-39-40-42-43-45-48-51-54-57-60-63-66-72(75)78-69-70(68-77-71(74)65-62-59-56-53-50-47-24-21-18-15-12-9-6-3)79-73(76)67-64-61-58-55-52-49-46-44-41-30-28-26-23-20-17-14-11-8-5-2/h7,10,16,19,21,24-25,27,31-32,34-35,70H,4-6,8-9,11-15,17-18,20,22-23,26,28-30,33,36-69H2,1-3H3/b10-7-,19-16-,24-21-,27-25-,32-31-,35-34-. The Morgan fingerprint density at radius 3 is 0.797 bits per heavy atom. The Kier molecular flexibility index (Phi) is 64.7. The summed E-state index contributed by atoms with van der Waals surface area (Å²) in [5.74, 6) is -0.862. The third kappa shape index (κ3) is 65.5.